The fraction of sp³-hybridized carbons (Fsp3) is 0.281. The van der Waals surface area contributed by atoms with Gasteiger partial charge in [0.1, 0.15) is 16.9 Å². The lowest BCUT2D eigenvalue weighted by Crippen LogP contribution is -2.45. The number of anilines is 1. The largest absolute Gasteiger partial charge is 0.497 e. The number of methoxy groups -OCH3 is 1. The number of aromatic amines is 1. The van der Waals surface area contributed by atoms with Gasteiger partial charge in [0.15, 0.2) is 11.2 Å². The van der Waals surface area contributed by atoms with Crippen molar-refractivity contribution in [1.29, 1.82) is 0 Å². The van der Waals surface area contributed by atoms with Crippen molar-refractivity contribution in [3.8, 4) is 5.75 Å². The smallest absolute Gasteiger partial charge is 0.297 e. The molecule has 6 rings (SSSR count). The van der Waals surface area contributed by atoms with Crippen LogP contribution in [0.5, 0.6) is 5.75 Å². The monoisotopic (exact) mass is 603 g/mol. The minimum Gasteiger partial charge on any atom is -0.497 e. The summed E-state index contributed by atoms with van der Waals surface area (Å²) < 4.78 is 43.2. The molecule has 5 aromatic rings. The number of aliphatic hydroxyl groups excluding tert-OH is 2. The average Bonchev–Trinajstić information content (AvgIpc) is 3.57. The highest BCUT2D eigenvalue weighted by molar-refractivity contribution is 5.71. The lowest BCUT2D eigenvalue weighted by Gasteiger charge is -2.37. The van der Waals surface area contributed by atoms with E-state index < -0.39 is 48.0 Å². The van der Waals surface area contributed by atoms with E-state index >= 15 is 8.78 Å². The molecule has 1 saturated heterocycles. The number of nitrogens with one attached hydrogen (secondary N) is 2. The highest BCUT2D eigenvalue weighted by Gasteiger charge is 2.64. The maximum atomic E-state index is 15.6. The number of hydrogen-bond donors (Lipinski definition) is 4. The fourth-order valence-electron chi connectivity index (χ4n) is 5.88. The van der Waals surface area contributed by atoms with E-state index in [4.69, 9.17) is 9.47 Å². The van der Waals surface area contributed by atoms with Crippen molar-refractivity contribution in [1.82, 2.24) is 19.5 Å². The van der Waals surface area contributed by atoms with Gasteiger partial charge >= 0.3 is 0 Å². The lowest BCUT2D eigenvalue weighted by atomic mass is 9.77. The first-order chi connectivity index (χ1) is 21.2. The van der Waals surface area contributed by atoms with Gasteiger partial charge in [-0.3, -0.25) is 14.3 Å². The number of ether oxygens (including phenoxy) is 2. The van der Waals surface area contributed by atoms with Crippen molar-refractivity contribution in [3.05, 3.63) is 118 Å². The van der Waals surface area contributed by atoms with Crippen molar-refractivity contribution in [2.75, 3.05) is 25.6 Å². The Morgan fingerprint density at radius 1 is 0.977 bits per heavy atom. The molecule has 3 aromatic carbocycles. The van der Waals surface area contributed by atoms with E-state index in [2.05, 4.69) is 20.3 Å². The van der Waals surface area contributed by atoms with Gasteiger partial charge in [0.05, 0.1) is 32.6 Å². The molecule has 1 aliphatic rings. The normalized spacial score (nSPS) is 19.2. The van der Waals surface area contributed by atoms with Crippen molar-refractivity contribution >= 4 is 17.1 Å². The number of nitrogens with zero attached hydrogens (tertiary/aromatic N) is 3. The molecule has 0 unspecified atom stereocenters. The second kappa shape index (κ2) is 11.1. The van der Waals surface area contributed by atoms with Crippen LogP contribution in [0.15, 0.2) is 96.1 Å². The summed E-state index contributed by atoms with van der Waals surface area (Å²) in [5, 5.41) is 23.2. The Balaban J connectivity index is 1.55. The van der Waals surface area contributed by atoms with Crippen molar-refractivity contribution in [2.24, 2.45) is 5.92 Å². The van der Waals surface area contributed by atoms with Gasteiger partial charge in [-0.15, -0.1) is 0 Å². The minimum atomic E-state index is -3.54. The van der Waals surface area contributed by atoms with Crippen molar-refractivity contribution in [3.63, 3.8) is 0 Å². The maximum absolute atomic E-state index is 15.6. The van der Waals surface area contributed by atoms with Crippen LogP contribution >= 0.6 is 0 Å². The molecule has 10 nitrogen and oxygen atoms in total. The van der Waals surface area contributed by atoms with Gasteiger partial charge in [0.25, 0.3) is 11.5 Å². The van der Waals surface area contributed by atoms with Gasteiger partial charge in [-0.2, -0.15) is 4.98 Å². The number of hydrogen-bond acceptors (Lipinski definition) is 8. The van der Waals surface area contributed by atoms with Crippen molar-refractivity contribution < 1.29 is 28.5 Å². The zero-order valence-corrected chi connectivity index (χ0v) is 23.9. The number of H-pyrrole nitrogens is 1. The fourth-order valence-corrected chi connectivity index (χ4v) is 5.88. The number of imidazole rings is 1. The molecule has 3 heterocycles. The first kappa shape index (κ1) is 29.4. The highest BCUT2D eigenvalue weighted by Crippen LogP contribution is 2.52. The number of rotatable bonds is 9. The van der Waals surface area contributed by atoms with Gasteiger partial charge in [-0.05, 0) is 28.8 Å². The Morgan fingerprint density at radius 3 is 2.07 bits per heavy atom. The molecule has 0 bridgehead atoms. The summed E-state index contributed by atoms with van der Waals surface area (Å²) >= 11 is 0. The van der Waals surface area contributed by atoms with Crippen LogP contribution in [0.1, 0.15) is 29.8 Å². The van der Waals surface area contributed by atoms with Crippen LogP contribution in [-0.4, -0.2) is 61.6 Å². The summed E-state index contributed by atoms with van der Waals surface area (Å²) in [6, 6.07) is 26.5. The summed E-state index contributed by atoms with van der Waals surface area (Å²) in [5.74, 6) is -4.46. The lowest BCUT2D eigenvalue weighted by molar-refractivity contribution is -0.151. The van der Waals surface area contributed by atoms with E-state index in [-0.39, 0.29) is 17.1 Å². The summed E-state index contributed by atoms with van der Waals surface area (Å²) in [6.07, 6.45) is -0.934. The second-order valence-electron chi connectivity index (χ2n) is 10.8. The van der Waals surface area contributed by atoms with Crippen LogP contribution in [0.25, 0.3) is 11.2 Å². The molecule has 1 aliphatic heterocycles. The third kappa shape index (κ3) is 4.53. The van der Waals surface area contributed by atoms with E-state index in [1.807, 2.05) is 84.9 Å². The molecule has 12 heteroatoms. The number of fused-ring (bicyclic) bond motifs is 1. The van der Waals surface area contributed by atoms with Gasteiger partial charge in [0.2, 0.25) is 12.2 Å². The third-order valence-corrected chi connectivity index (χ3v) is 8.50. The highest BCUT2D eigenvalue weighted by atomic mass is 19.3. The van der Waals surface area contributed by atoms with Crippen LogP contribution in [0.2, 0.25) is 0 Å². The number of halogens is 2. The van der Waals surface area contributed by atoms with E-state index in [0.29, 0.717) is 5.75 Å². The molecule has 2 aromatic heterocycles. The van der Waals surface area contributed by atoms with Crippen LogP contribution in [0, 0.1) is 5.92 Å². The predicted molar refractivity (Wildman–Crippen MR) is 159 cm³/mol. The molecule has 0 aliphatic carbocycles. The standard InChI is InChI=1S/C32H31F2N5O5/c1-20-30(17-40,18-41)44-28(32(20,33)34)39-19-35-25-26(39)36-29(37-27(25)42)38-31(21-9-5-3-6-10-21,22-11-7-4-8-12-22)23-13-15-24(43-2)16-14-23/h3-16,19-20,28,40-41H,17-18H2,1-2H3,(H2,36,37,38,42)/t20-,28-/m1/s1. The molecule has 0 spiro atoms. The molecule has 4 N–H and O–H groups in total. The Labute approximate surface area is 250 Å². The van der Waals surface area contributed by atoms with Crippen LogP contribution in [0.3, 0.4) is 0 Å². The molecule has 0 amide bonds. The van der Waals surface area contributed by atoms with E-state index in [9.17, 15) is 15.0 Å². The third-order valence-electron chi connectivity index (χ3n) is 8.50. The molecular weight excluding hydrogens is 572 g/mol. The SMILES string of the molecule is COc1ccc(C(Nc2nc3c(ncn3[C@@H]3OC(CO)(CO)[C@@H](C)C3(F)F)c(=O)[nH]2)(c2ccccc2)c2ccccc2)cc1. The van der Waals surface area contributed by atoms with Crippen LogP contribution in [0.4, 0.5) is 14.7 Å². The predicted octanol–water partition coefficient (Wildman–Crippen LogP) is 4.06. The molecular formula is C32H31F2N5O5. The van der Waals surface area contributed by atoms with Gasteiger partial charge in [0, 0.05) is 0 Å². The van der Waals surface area contributed by atoms with Gasteiger partial charge in [-0.25, -0.2) is 13.8 Å². The van der Waals surface area contributed by atoms with Crippen LogP contribution < -0.4 is 15.6 Å². The number of benzene rings is 3. The van der Waals surface area contributed by atoms with E-state index in [0.717, 1.165) is 27.6 Å². The zero-order valence-electron chi connectivity index (χ0n) is 23.9. The van der Waals surface area contributed by atoms with Crippen LogP contribution in [-0.2, 0) is 10.3 Å². The molecule has 228 valence electrons. The quantitative estimate of drug-likeness (QED) is 0.186. The summed E-state index contributed by atoms with van der Waals surface area (Å²) in [4.78, 5) is 24.7. The molecule has 0 saturated carbocycles. The Morgan fingerprint density at radius 2 is 1.55 bits per heavy atom. The Bertz CT molecular complexity index is 1770. The Hall–Kier alpha value is -4.65. The van der Waals surface area contributed by atoms with E-state index in [1.165, 1.54) is 6.92 Å². The Kier molecular flexibility index (Phi) is 7.44. The molecule has 44 heavy (non-hydrogen) atoms. The van der Waals surface area contributed by atoms with E-state index in [1.54, 1.807) is 7.11 Å². The van der Waals surface area contributed by atoms with Gasteiger partial charge < -0.3 is 25.0 Å². The summed E-state index contributed by atoms with van der Waals surface area (Å²) in [7, 11) is 1.57. The summed E-state index contributed by atoms with van der Waals surface area (Å²) in [6.45, 7) is -0.465. The zero-order chi connectivity index (χ0) is 31.1. The van der Waals surface area contributed by atoms with Gasteiger partial charge in [-0.1, -0.05) is 79.7 Å². The summed E-state index contributed by atoms with van der Waals surface area (Å²) in [5.41, 5.74) is -1.63. The maximum Gasteiger partial charge on any atom is 0.297 e. The average molecular weight is 604 g/mol. The molecule has 1 fully saturated rings. The minimum absolute atomic E-state index is 0.0160. The molecule has 2 atom stereocenters. The first-order valence-corrected chi connectivity index (χ1v) is 14.0. The number of aromatic nitrogens is 4. The first-order valence-electron chi connectivity index (χ1n) is 14.0. The topological polar surface area (TPSA) is 135 Å². The second-order valence-corrected chi connectivity index (χ2v) is 10.8. The molecule has 0 radical (unpaired) electrons. The number of alkyl halides is 2. The number of aliphatic hydroxyl groups is 2. The van der Waals surface area contributed by atoms with Crippen molar-refractivity contribution in [2.45, 2.75) is 30.2 Å².